The van der Waals surface area contributed by atoms with Crippen LogP contribution in [-0.4, -0.2) is 14.5 Å². The molecule has 1 atom stereocenters. The average Bonchev–Trinajstić information content (AvgIpc) is 2.95. The van der Waals surface area contributed by atoms with Crippen molar-refractivity contribution in [3.8, 4) is 11.4 Å². The highest BCUT2D eigenvalue weighted by Gasteiger charge is 2.22. The van der Waals surface area contributed by atoms with Gasteiger partial charge in [-0.05, 0) is 30.3 Å². The molecular formula is C13H10N3O4S-. The quantitative estimate of drug-likeness (QED) is 0.719. The molecule has 1 aliphatic carbocycles. The van der Waals surface area contributed by atoms with E-state index in [-0.39, 0.29) is 16.7 Å². The fraction of sp³-hybridized carbons (Fsp3) is 0.0769. The molecule has 8 heteroatoms. The number of rotatable bonds is 2. The fourth-order valence-electron chi connectivity index (χ4n) is 1.96. The monoisotopic (exact) mass is 304 g/mol. The Morgan fingerprint density at radius 2 is 1.90 bits per heavy atom. The fourth-order valence-corrected chi connectivity index (χ4v) is 3.11. The first-order chi connectivity index (χ1) is 10.1. The van der Waals surface area contributed by atoms with Gasteiger partial charge >= 0.3 is 0 Å². The summed E-state index contributed by atoms with van der Waals surface area (Å²) in [6.07, 6.45) is 0. The van der Waals surface area contributed by atoms with Crippen molar-refractivity contribution in [1.82, 2.24) is 15.2 Å². The molecular weight excluding hydrogens is 294 g/mol. The summed E-state index contributed by atoms with van der Waals surface area (Å²) in [7, 11) is -1.48. The number of aromatic amines is 1. The second-order valence-electron chi connectivity index (χ2n) is 4.43. The molecule has 0 spiro atoms. The second-order valence-corrected chi connectivity index (χ2v) is 5.88. The smallest absolute Gasteiger partial charge is 0.254 e. The maximum Gasteiger partial charge on any atom is 0.254 e. The van der Waals surface area contributed by atoms with Crippen LogP contribution in [0.15, 0.2) is 50.8 Å². The summed E-state index contributed by atoms with van der Waals surface area (Å²) < 4.78 is 17.3. The molecule has 0 saturated heterocycles. The third kappa shape index (κ3) is 2.29. The molecule has 0 fully saturated rings. The molecule has 3 rings (SSSR count). The average molecular weight is 304 g/mol. The zero-order chi connectivity index (χ0) is 15.0. The van der Waals surface area contributed by atoms with Gasteiger partial charge in [0.2, 0.25) is 5.69 Å². The first-order valence-electron chi connectivity index (χ1n) is 6.01. The molecule has 0 radical (unpaired) electrons. The van der Waals surface area contributed by atoms with Crippen molar-refractivity contribution in [3.05, 3.63) is 57.7 Å². The van der Waals surface area contributed by atoms with Gasteiger partial charge in [0.15, 0.2) is 0 Å². The predicted molar refractivity (Wildman–Crippen MR) is 75.3 cm³/mol. The molecule has 2 aliphatic rings. The number of aromatic nitrogens is 2. The maximum absolute atomic E-state index is 12.6. The van der Waals surface area contributed by atoms with E-state index >= 15 is 0 Å². The molecule has 7 nitrogen and oxygen atoms in total. The molecule has 0 saturated carbocycles. The van der Waals surface area contributed by atoms with E-state index in [1.165, 1.54) is 12.1 Å². The Labute approximate surface area is 121 Å². The Bertz CT molecular complexity index is 846. The molecule has 1 aromatic rings. The Balaban J connectivity index is 2.16. The lowest BCUT2D eigenvalue weighted by Crippen LogP contribution is -2.22. The topological polar surface area (TPSA) is 108 Å². The van der Waals surface area contributed by atoms with Gasteiger partial charge in [0.25, 0.3) is 5.36 Å². The molecule has 1 aliphatic heterocycles. The van der Waals surface area contributed by atoms with Crippen molar-refractivity contribution in [3.63, 3.8) is 0 Å². The van der Waals surface area contributed by atoms with Gasteiger partial charge in [-0.3, -0.25) is 4.63 Å². The number of aryl methyl sites for hydroxylation is 1. The maximum atomic E-state index is 12.6. The van der Waals surface area contributed by atoms with Gasteiger partial charge in [-0.1, -0.05) is 17.7 Å². The van der Waals surface area contributed by atoms with Crippen LogP contribution in [-0.2, 0) is 10.8 Å². The van der Waals surface area contributed by atoms with Crippen LogP contribution in [0.25, 0.3) is 11.4 Å². The molecule has 1 N–H and O–H groups in total. The van der Waals surface area contributed by atoms with Crippen LogP contribution < -0.4 is 10.3 Å². The molecule has 21 heavy (non-hydrogen) atoms. The van der Waals surface area contributed by atoms with Gasteiger partial charge < -0.3 is 10.4 Å². The number of nitrogens with zero attached hydrogens (tertiary/aromatic N) is 2. The highest BCUT2D eigenvalue weighted by Crippen LogP contribution is 2.25. The number of nitrogens with one attached hydrogen (secondary N) is 1. The first-order valence-corrected chi connectivity index (χ1v) is 7.16. The number of H-pyrrole nitrogens is 1. The van der Waals surface area contributed by atoms with Gasteiger partial charge in [0.1, 0.15) is 5.69 Å². The Hall–Kier alpha value is -2.61. The summed E-state index contributed by atoms with van der Waals surface area (Å²) in [5.74, 6) is 0. The number of hydrogen-bond acceptors (Lipinski definition) is 5. The second kappa shape index (κ2) is 5.06. The van der Waals surface area contributed by atoms with Crippen molar-refractivity contribution in [1.29, 1.82) is 0 Å². The lowest BCUT2D eigenvalue weighted by molar-refractivity contribution is 0.312. The van der Waals surface area contributed by atoms with Gasteiger partial charge in [0.05, 0.1) is 15.7 Å². The Morgan fingerprint density at radius 1 is 1.19 bits per heavy atom. The number of hydrogen-bond donors (Lipinski definition) is 1. The Morgan fingerprint density at radius 3 is 2.57 bits per heavy atom. The van der Waals surface area contributed by atoms with E-state index in [0.29, 0.717) is 9.79 Å². The van der Waals surface area contributed by atoms with E-state index in [1.807, 2.05) is 19.1 Å². The van der Waals surface area contributed by atoms with Gasteiger partial charge in [-0.15, -0.1) is 0 Å². The van der Waals surface area contributed by atoms with E-state index in [1.54, 1.807) is 12.1 Å². The van der Waals surface area contributed by atoms with E-state index < -0.39 is 15.7 Å². The van der Waals surface area contributed by atoms with Crippen molar-refractivity contribution in [2.24, 2.45) is 0 Å². The summed E-state index contributed by atoms with van der Waals surface area (Å²) in [6.45, 7) is 1.94. The summed E-state index contributed by atoms with van der Waals surface area (Å²) in [6, 6.07) is 9.95. The largest absolute Gasteiger partial charge is 0.612 e. The van der Waals surface area contributed by atoms with Crippen LogP contribution in [0.4, 0.5) is 0 Å². The third-order valence-electron chi connectivity index (χ3n) is 3.03. The summed E-state index contributed by atoms with van der Waals surface area (Å²) in [5.41, 5.74) is 1.38. The van der Waals surface area contributed by atoms with Crippen LogP contribution >= 0.6 is 0 Å². The SMILES string of the molecule is Cc1ccc(S(=O)c2ccc(=[N+]([O-])[O-])c3no[nH]c2-3)cc1. The molecule has 1 unspecified atom stereocenters. The minimum absolute atomic E-state index is 0.0537. The van der Waals surface area contributed by atoms with Crippen molar-refractivity contribution in [2.45, 2.75) is 16.7 Å². The zero-order valence-electron chi connectivity index (χ0n) is 10.9. The van der Waals surface area contributed by atoms with E-state index in [0.717, 1.165) is 5.56 Å². The van der Waals surface area contributed by atoms with E-state index in [4.69, 9.17) is 0 Å². The third-order valence-corrected chi connectivity index (χ3v) is 4.47. The van der Waals surface area contributed by atoms with Crippen LogP contribution in [0.1, 0.15) is 5.56 Å². The normalized spacial score (nSPS) is 12.4. The summed E-state index contributed by atoms with van der Waals surface area (Å²) in [4.78, 5) is 0.433. The predicted octanol–water partition coefficient (Wildman–Crippen LogP) is 1.35. The Kier molecular flexibility index (Phi) is 3.22. The van der Waals surface area contributed by atoms with E-state index in [9.17, 15) is 14.6 Å². The molecule has 0 bridgehead atoms. The lowest BCUT2D eigenvalue weighted by Gasteiger charge is -2.07. The summed E-state index contributed by atoms with van der Waals surface area (Å²) >= 11 is 0. The molecule has 0 amide bonds. The van der Waals surface area contributed by atoms with Crippen molar-refractivity contribution in [2.75, 3.05) is 0 Å². The lowest BCUT2D eigenvalue weighted by atomic mass is 10.2. The number of benzene rings is 2. The summed E-state index contributed by atoms with van der Waals surface area (Å²) in [5, 5.41) is 27.7. The van der Waals surface area contributed by atoms with Crippen LogP contribution in [0.3, 0.4) is 0 Å². The minimum atomic E-state index is -1.48. The van der Waals surface area contributed by atoms with Gasteiger partial charge in [-0.25, -0.2) is 4.21 Å². The van der Waals surface area contributed by atoms with Crippen LogP contribution in [0, 0.1) is 17.3 Å². The van der Waals surface area contributed by atoms with Crippen molar-refractivity contribution < 1.29 is 8.84 Å². The molecule has 108 valence electrons. The standard InChI is InChI=1S/C13H10N3O4S/c1-8-2-4-9(5-3-8)21(19)11-7-6-10(16(17)18)12-13(11)15-20-14-12/h2-7,15H,1H3/q-1. The van der Waals surface area contributed by atoms with Gasteiger partial charge in [-0.2, -0.15) is 10.1 Å². The molecule has 1 heterocycles. The van der Waals surface area contributed by atoms with Crippen LogP contribution in [0.5, 0.6) is 0 Å². The highest BCUT2D eigenvalue weighted by molar-refractivity contribution is 7.85. The highest BCUT2D eigenvalue weighted by atomic mass is 32.2. The number of fused-ring (bicyclic) bond motifs is 1. The van der Waals surface area contributed by atoms with Crippen LogP contribution in [0.2, 0.25) is 0 Å². The van der Waals surface area contributed by atoms with E-state index in [2.05, 4.69) is 14.9 Å². The molecule has 0 aromatic heterocycles. The first kappa shape index (κ1) is 13.4. The van der Waals surface area contributed by atoms with Crippen molar-refractivity contribution >= 4 is 10.8 Å². The zero-order valence-corrected chi connectivity index (χ0v) is 11.7. The van der Waals surface area contributed by atoms with Gasteiger partial charge in [0, 0.05) is 11.0 Å². The molecule has 1 aromatic carbocycles. The minimum Gasteiger partial charge on any atom is -0.612 e.